The number of fused-ring (bicyclic) bond motifs is 1. The molecule has 2 heterocycles. The maximum atomic E-state index is 12.9. The van der Waals surface area contributed by atoms with Gasteiger partial charge in [-0.25, -0.2) is 0 Å². The average molecular weight is 390 g/mol. The molecule has 1 amide bonds. The summed E-state index contributed by atoms with van der Waals surface area (Å²) in [5.41, 5.74) is 0.555. The lowest BCUT2D eigenvalue weighted by Crippen LogP contribution is -2.41. The number of sulfonamides is 1. The Morgan fingerprint density at radius 1 is 1.23 bits per heavy atom. The highest BCUT2D eigenvalue weighted by atomic mass is 32.2. The second-order valence-electron chi connectivity index (χ2n) is 6.57. The molecule has 0 N–H and O–H groups in total. The third kappa shape index (κ3) is 3.26. The molecule has 0 spiro atoms. The first-order valence-electron chi connectivity index (χ1n) is 8.43. The summed E-state index contributed by atoms with van der Waals surface area (Å²) in [5.74, 6) is 0.327. The Hall–Kier alpha value is -2.19. The minimum Gasteiger partial charge on any atom is -0.349 e. The van der Waals surface area contributed by atoms with Crippen LogP contribution in [0.2, 0.25) is 0 Å². The van der Waals surface area contributed by atoms with Crippen molar-refractivity contribution >= 4 is 33.1 Å². The van der Waals surface area contributed by atoms with Crippen molar-refractivity contribution in [3.05, 3.63) is 52.2 Å². The molecule has 26 heavy (non-hydrogen) atoms. The highest BCUT2D eigenvalue weighted by molar-refractivity contribution is 7.90. The number of rotatable bonds is 5. The summed E-state index contributed by atoms with van der Waals surface area (Å²) in [6.07, 6.45) is 2.05. The molecule has 2 aromatic rings. The summed E-state index contributed by atoms with van der Waals surface area (Å²) in [7, 11) is -1.96. The fourth-order valence-electron chi connectivity index (χ4n) is 3.11. The number of carbonyl (C=O) groups is 1. The van der Waals surface area contributed by atoms with Crippen LogP contribution in [0.3, 0.4) is 0 Å². The van der Waals surface area contributed by atoms with Gasteiger partial charge in [-0.15, -0.1) is 15.7 Å². The molecule has 0 bridgehead atoms. The van der Waals surface area contributed by atoms with Crippen molar-refractivity contribution in [3.63, 3.8) is 0 Å². The van der Waals surface area contributed by atoms with Crippen molar-refractivity contribution in [1.29, 1.82) is 0 Å². The van der Waals surface area contributed by atoms with E-state index in [-0.39, 0.29) is 17.3 Å². The van der Waals surface area contributed by atoms with Crippen LogP contribution in [-0.4, -0.2) is 49.6 Å². The van der Waals surface area contributed by atoms with Crippen LogP contribution < -0.4 is 0 Å². The van der Waals surface area contributed by atoms with Gasteiger partial charge in [-0.1, -0.05) is 18.2 Å². The first kappa shape index (κ1) is 17.2. The van der Waals surface area contributed by atoms with Gasteiger partial charge in [0.2, 0.25) is 5.91 Å². The lowest BCUT2D eigenvalue weighted by atomic mass is 10.2. The zero-order valence-electron chi connectivity index (χ0n) is 14.3. The van der Waals surface area contributed by atoms with Crippen molar-refractivity contribution in [2.75, 3.05) is 13.6 Å². The predicted octanol–water partition coefficient (Wildman–Crippen LogP) is 2.32. The first-order valence-corrected chi connectivity index (χ1v) is 10.7. The number of thiophene rings is 1. The van der Waals surface area contributed by atoms with Crippen molar-refractivity contribution in [3.8, 4) is 0 Å². The van der Waals surface area contributed by atoms with Crippen LogP contribution in [-0.2, 0) is 21.4 Å². The number of hydrogen-bond acceptors (Lipinski definition) is 5. The van der Waals surface area contributed by atoms with Crippen LogP contribution in [0.4, 0.5) is 0 Å². The highest BCUT2D eigenvalue weighted by Gasteiger charge is 2.35. The SMILES string of the molecule is CN(CC(=O)N(Cc1cccs1)C1CC1)C1=NS(=O)(=O)c2ccccc21. The van der Waals surface area contributed by atoms with Crippen molar-refractivity contribution in [1.82, 2.24) is 9.80 Å². The molecule has 136 valence electrons. The lowest BCUT2D eigenvalue weighted by Gasteiger charge is -2.26. The predicted molar refractivity (Wildman–Crippen MR) is 101 cm³/mol. The zero-order chi connectivity index (χ0) is 18.3. The van der Waals surface area contributed by atoms with E-state index in [9.17, 15) is 13.2 Å². The topological polar surface area (TPSA) is 70.1 Å². The first-order chi connectivity index (χ1) is 12.5. The van der Waals surface area contributed by atoms with Gasteiger partial charge in [0.25, 0.3) is 10.0 Å². The number of nitrogens with zero attached hydrogens (tertiary/aromatic N) is 3. The number of benzene rings is 1. The standard InChI is InChI=1S/C18H19N3O3S2/c1-20(18-15-6-2-3-7-16(15)26(23,24)19-18)12-17(22)21(13-8-9-13)11-14-5-4-10-25-14/h2-7,10,13H,8-9,11-12H2,1H3. The lowest BCUT2D eigenvalue weighted by molar-refractivity contribution is -0.132. The van der Waals surface area contributed by atoms with Crippen molar-refractivity contribution in [2.45, 2.75) is 30.3 Å². The van der Waals surface area contributed by atoms with Gasteiger partial charge in [0, 0.05) is 23.5 Å². The summed E-state index contributed by atoms with van der Waals surface area (Å²) in [6, 6.07) is 11.0. The molecule has 1 aromatic carbocycles. The Labute approximate surface area is 156 Å². The number of hydrogen-bond donors (Lipinski definition) is 0. The summed E-state index contributed by atoms with van der Waals surface area (Å²) < 4.78 is 28.3. The van der Waals surface area contributed by atoms with Crippen LogP contribution in [0.5, 0.6) is 0 Å². The number of carbonyl (C=O) groups excluding carboxylic acids is 1. The summed E-state index contributed by atoms with van der Waals surface area (Å²) >= 11 is 1.64. The monoisotopic (exact) mass is 389 g/mol. The smallest absolute Gasteiger partial charge is 0.285 e. The van der Waals surface area contributed by atoms with Crippen molar-refractivity contribution in [2.24, 2.45) is 4.40 Å². The third-order valence-electron chi connectivity index (χ3n) is 4.56. The maximum absolute atomic E-state index is 12.9. The van der Waals surface area contributed by atoms with Crippen LogP contribution in [0.25, 0.3) is 0 Å². The average Bonchev–Trinajstić information content (AvgIpc) is 3.24. The molecule has 0 atom stereocenters. The molecule has 8 heteroatoms. The summed E-state index contributed by atoms with van der Waals surface area (Å²) in [4.78, 5) is 17.8. The second kappa shape index (κ2) is 6.51. The molecule has 1 aliphatic heterocycles. The Kier molecular flexibility index (Phi) is 4.32. The molecule has 1 aliphatic carbocycles. The number of likely N-dealkylation sites (N-methyl/N-ethyl adjacent to an activating group) is 1. The molecule has 0 unspecified atom stereocenters. The van der Waals surface area contributed by atoms with Gasteiger partial charge in [0.05, 0.1) is 13.1 Å². The normalized spacial score (nSPS) is 17.5. The van der Waals surface area contributed by atoms with Gasteiger partial charge in [-0.05, 0) is 36.4 Å². The fourth-order valence-corrected chi connectivity index (χ4v) is 5.06. The minimum atomic E-state index is -3.68. The number of amides is 1. The van der Waals surface area contributed by atoms with Crippen LogP contribution in [0.1, 0.15) is 23.3 Å². The van der Waals surface area contributed by atoms with E-state index in [2.05, 4.69) is 4.40 Å². The Morgan fingerprint density at radius 3 is 2.69 bits per heavy atom. The molecule has 4 rings (SSSR count). The molecular weight excluding hydrogens is 370 g/mol. The minimum absolute atomic E-state index is 0.00659. The Bertz CT molecular complexity index is 963. The van der Waals surface area contributed by atoms with Gasteiger partial charge >= 0.3 is 0 Å². The Balaban J connectivity index is 1.52. The van der Waals surface area contributed by atoms with E-state index in [0.29, 0.717) is 24.0 Å². The highest BCUT2D eigenvalue weighted by Crippen LogP contribution is 2.30. The van der Waals surface area contributed by atoms with Crippen LogP contribution in [0.15, 0.2) is 51.1 Å². The zero-order valence-corrected chi connectivity index (χ0v) is 16.0. The molecule has 2 aliphatic rings. The molecule has 1 saturated carbocycles. The van der Waals surface area contributed by atoms with E-state index in [1.807, 2.05) is 22.4 Å². The van der Waals surface area contributed by atoms with Crippen molar-refractivity contribution < 1.29 is 13.2 Å². The van der Waals surface area contributed by atoms with Gasteiger partial charge < -0.3 is 9.80 Å². The van der Waals surface area contributed by atoms with Gasteiger partial charge in [0.15, 0.2) is 5.84 Å². The molecule has 1 fully saturated rings. The van der Waals surface area contributed by atoms with E-state index < -0.39 is 10.0 Å². The van der Waals surface area contributed by atoms with E-state index in [4.69, 9.17) is 0 Å². The second-order valence-corrected chi connectivity index (χ2v) is 9.18. The molecular formula is C18H19N3O3S2. The van der Waals surface area contributed by atoms with E-state index in [1.165, 1.54) is 0 Å². The van der Waals surface area contributed by atoms with Crippen LogP contribution >= 0.6 is 11.3 Å². The fraction of sp³-hybridized carbons (Fsp3) is 0.333. The maximum Gasteiger partial charge on any atom is 0.285 e. The van der Waals surface area contributed by atoms with E-state index >= 15 is 0 Å². The largest absolute Gasteiger partial charge is 0.349 e. The summed E-state index contributed by atoms with van der Waals surface area (Å²) in [6.45, 7) is 0.709. The molecule has 1 aromatic heterocycles. The summed E-state index contributed by atoms with van der Waals surface area (Å²) in [5, 5.41) is 2.01. The van der Waals surface area contributed by atoms with Gasteiger partial charge in [0.1, 0.15) is 4.90 Å². The molecule has 6 nitrogen and oxygen atoms in total. The molecule has 0 radical (unpaired) electrons. The van der Waals surface area contributed by atoms with E-state index in [1.54, 1.807) is 47.5 Å². The molecule has 0 saturated heterocycles. The Morgan fingerprint density at radius 2 is 2.00 bits per heavy atom. The van der Waals surface area contributed by atoms with Gasteiger partial charge in [-0.3, -0.25) is 4.79 Å². The number of amidine groups is 1. The van der Waals surface area contributed by atoms with E-state index in [0.717, 1.165) is 17.7 Å². The third-order valence-corrected chi connectivity index (χ3v) is 6.75. The quantitative estimate of drug-likeness (QED) is 0.787. The van der Waals surface area contributed by atoms with Crippen LogP contribution in [0, 0.1) is 0 Å². The van der Waals surface area contributed by atoms with Gasteiger partial charge in [-0.2, -0.15) is 8.42 Å².